The maximum atomic E-state index is 11.3. The molecule has 1 unspecified atom stereocenters. The largest absolute Gasteiger partial charge is 0.462 e. The van der Waals surface area contributed by atoms with Crippen LogP contribution in [0.3, 0.4) is 0 Å². The second kappa shape index (κ2) is 10.4. The number of carbonyl (C=O) groups excluding carboxylic acids is 1. The summed E-state index contributed by atoms with van der Waals surface area (Å²) in [6.07, 6.45) is 16.0. The molecule has 1 rings (SSSR count). The molecule has 0 amide bonds. The molecule has 1 saturated heterocycles. The lowest BCUT2D eigenvalue weighted by Gasteiger charge is -2.14. The topological polar surface area (TPSA) is 26.3 Å². The van der Waals surface area contributed by atoms with Crippen LogP contribution in [-0.4, -0.2) is 12.1 Å². The van der Waals surface area contributed by atoms with Gasteiger partial charge < -0.3 is 4.74 Å². The highest BCUT2D eigenvalue weighted by molar-refractivity contribution is 5.69. The Morgan fingerprint density at radius 3 is 2.39 bits per heavy atom. The first-order valence-electron chi connectivity index (χ1n) is 8.02. The molecule has 1 fully saturated rings. The van der Waals surface area contributed by atoms with Crippen LogP contribution in [0.15, 0.2) is 0 Å². The van der Waals surface area contributed by atoms with E-state index in [4.69, 9.17) is 4.74 Å². The van der Waals surface area contributed by atoms with E-state index in [0.717, 1.165) is 25.7 Å². The zero-order valence-electron chi connectivity index (χ0n) is 12.1. The molecule has 18 heavy (non-hydrogen) atoms. The fourth-order valence-corrected chi connectivity index (χ4v) is 2.65. The van der Waals surface area contributed by atoms with Crippen LogP contribution >= 0.6 is 0 Å². The Morgan fingerprint density at radius 2 is 1.67 bits per heavy atom. The van der Waals surface area contributed by atoms with Gasteiger partial charge in [-0.1, -0.05) is 51.9 Å². The van der Waals surface area contributed by atoms with E-state index in [9.17, 15) is 4.79 Å². The van der Waals surface area contributed by atoms with Crippen LogP contribution in [0, 0.1) is 0 Å². The average molecular weight is 254 g/mol. The summed E-state index contributed by atoms with van der Waals surface area (Å²) in [6.45, 7) is 2.26. The molecule has 0 aromatic rings. The molecule has 2 nitrogen and oxygen atoms in total. The molecule has 1 aliphatic heterocycles. The smallest absolute Gasteiger partial charge is 0.306 e. The minimum atomic E-state index is 0.0251. The molecule has 0 saturated carbocycles. The predicted octanol–water partition coefficient (Wildman–Crippen LogP) is 5.00. The zero-order chi connectivity index (χ0) is 13.1. The van der Waals surface area contributed by atoms with Crippen molar-refractivity contribution < 1.29 is 9.53 Å². The molecule has 0 bridgehead atoms. The minimum Gasteiger partial charge on any atom is -0.462 e. The van der Waals surface area contributed by atoms with Crippen molar-refractivity contribution in [3.8, 4) is 0 Å². The van der Waals surface area contributed by atoms with Gasteiger partial charge in [-0.25, -0.2) is 0 Å². The highest BCUT2D eigenvalue weighted by Crippen LogP contribution is 2.19. The van der Waals surface area contributed by atoms with Crippen LogP contribution in [0.25, 0.3) is 0 Å². The van der Waals surface area contributed by atoms with E-state index in [1.54, 1.807) is 0 Å². The third-order valence-electron chi connectivity index (χ3n) is 3.83. The van der Waals surface area contributed by atoms with Gasteiger partial charge in [0.25, 0.3) is 0 Å². The van der Waals surface area contributed by atoms with Crippen LogP contribution in [0.5, 0.6) is 0 Å². The Bertz CT molecular complexity index is 213. The fraction of sp³-hybridized carbons (Fsp3) is 0.938. The van der Waals surface area contributed by atoms with Gasteiger partial charge in [0.05, 0.1) is 0 Å². The van der Waals surface area contributed by atoms with Gasteiger partial charge in [-0.05, 0) is 32.1 Å². The monoisotopic (exact) mass is 254 g/mol. The van der Waals surface area contributed by atoms with Gasteiger partial charge in [0.2, 0.25) is 0 Å². The quantitative estimate of drug-likeness (QED) is 0.427. The lowest BCUT2D eigenvalue weighted by molar-refractivity contribution is -0.148. The lowest BCUT2D eigenvalue weighted by atomic mass is 10.0. The Kier molecular flexibility index (Phi) is 8.97. The number of ether oxygens (including phenoxy) is 1. The van der Waals surface area contributed by atoms with Crippen LogP contribution in [0.4, 0.5) is 0 Å². The molecular weight excluding hydrogens is 224 g/mol. The first-order chi connectivity index (χ1) is 8.83. The molecule has 2 heteroatoms. The Balaban J connectivity index is 1.92. The van der Waals surface area contributed by atoms with E-state index in [1.165, 1.54) is 51.4 Å². The van der Waals surface area contributed by atoms with Crippen LogP contribution in [0.2, 0.25) is 0 Å². The number of rotatable bonds is 9. The highest BCUT2D eigenvalue weighted by Gasteiger charge is 2.17. The summed E-state index contributed by atoms with van der Waals surface area (Å²) in [4.78, 5) is 11.3. The average Bonchev–Trinajstić information content (AvgIpc) is 2.57. The molecule has 0 aromatic heterocycles. The summed E-state index contributed by atoms with van der Waals surface area (Å²) < 4.78 is 5.43. The SMILES string of the molecule is CCCCCCCCCCC1CCCCC(=O)O1. The second-order valence-corrected chi connectivity index (χ2v) is 5.62. The standard InChI is InChI=1S/C16H30O2/c1-2-3-4-5-6-7-8-9-12-15-13-10-11-14-16(17)18-15/h15H,2-14H2,1H3. The first kappa shape index (κ1) is 15.5. The van der Waals surface area contributed by atoms with Crippen LogP contribution < -0.4 is 0 Å². The Hall–Kier alpha value is -0.530. The summed E-state index contributed by atoms with van der Waals surface area (Å²) in [6, 6.07) is 0. The van der Waals surface area contributed by atoms with Crippen LogP contribution in [0.1, 0.15) is 90.4 Å². The van der Waals surface area contributed by atoms with Crippen molar-refractivity contribution in [3.63, 3.8) is 0 Å². The molecule has 0 aromatic carbocycles. The van der Waals surface area contributed by atoms with Crippen molar-refractivity contribution in [2.75, 3.05) is 0 Å². The molecule has 1 aliphatic rings. The molecule has 0 radical (unpaired) electrons. The number of unbranched alkanes of at least 4 members (excludes halogenated alkanes) is 7. The number of carbonyl (C=O) groups is 1. The van der Waals surface area contributed by atoms with E-state index in [0.29, 0.717) is 6.42 Å². The number of esters is 1. The van der Waals surface area contributed by atoms with Gasteiger partial charge in [0.1, 0.15) is 6.10 Å². The second-order valence-electron chi connectivity index (χ2n) is 5.62. The van der Waals surface area contributed by atoms with Gasteiger partial charge in [0, 0.05) is 6.42 Å². The van der Waals surface area contributed by atoms with E-state index in [1.807, 2.05) is 0 Å². The van der Waals surface area contributed by atoms with Crippen molar-refractivity contribution in [1.82, 2.24) is 0 Å². The predicted molar refractivity (Wildman–Crippen MR) is 75.6 cm³/mol. The maximum Gasteiger partial charge on any atom is 0.306 e. The van der Waals surface area contributed by atoms with Crippen molar-refractivity contribution in [2.45, 2.75) is 96.5 Å². The number of cyclic esters (lactones) is 1. The van der Waals surface area contributed by atoms with E-state index in [-0.39, 0.29) is 12.1 Å². The normalized spacial score (nSPS) is 20.5. The van der Waals surface area contributed by atoms with Crippen molar-refractivity contribution in [2.24, 2.45) is 0 Å². The third kappa shape index (κ3) is 7.73. The highest BCUT2D eigenvalue weighted by atomic mass is 16.5. The summed E-state index contributed by atoms with van der Waals surface area (Å²) in [5, 5.41) is 0. The Morgan fingerprint density at radius 1 is 1.00 bits per heavy atom. The van der Waals surface area contributed by atoms with Gasteiger partial charge in [-0.3, -0.25) is 4.79 Å². The molecule has 0 aliphatic carbocycles. The maximum absolute atomic E-state index is 11.3. The third-order valence-corrected chi connectivity index (χ3v) is 3.83. The molecule has 0 spiro atoms. The molecule has 1 atom stereocenters. The van der Waals surface area contributed by atoms with Gasteiger partial charge in [-0.15, -0.1) is 0 Å². The molecule has 0 N–H and O–H groups in total. The fourth-order valence-electron chi connectivity index (χ4n) is 2.65. The summed E-state index contributed by atoms with van der Waals surface area (Å²) in [5.41, 5.74) is 0. The van der Waals surface area contributed by atoms with E-state index in [2.05, 4.69) is 6.92 Å². The van der Waals surface area contributed by atoms with Crippen molar-refractivity contribution in [3.05, 3.63) is 0 Å². The molecule has 106 valence electrons. The van der Waals surface area contributed by atoms with E-state index >= 15 is 0 Å². The summed E-state index contributed by atoms with van der Waals surface area (Å²) in [7, 11) is 0. The lowest BCUT2D eigenvalue weighted by Crippen LogP contribution is -2.15. The number of hydrogen-bond donors (Lipinski definition) is 0. The Labute approximate surface area is 112 Å². The molecular formula is C16H30O2. The van der Waals surface area contributed by atoms with Crippen molar-refractivity contribution in [1.29, 1.82) is 0 Å². The van der Waals surface area contributed by atoms with E-state index < -0.39 is 0 Å². The summed E-state index contributed by atoms with van der Waals surface area (Å²) in [5.74, 6) is 0.0251. The van der Waals surface area contributed by atoms with Gasteiger partial charge >= 0.3 is 5.97 Å². The van der Waals surface area contributed by atoms with Crippen LogP contribution in [-0.2, 0) is 9.53 Å². The number of hydrogen-bond acceptors (Lipinski definition) is 2. The van der Waals surface area contributed by atoms with Gasteiger partial charge in [-0.2, -0.15) is 0 Å². The zero-order valence-corrected chi connectivity index (χ0v) is 12.1. The van der Waals surface area contributed by atoms with Gasteiger partial charge in [0.15, 0.2) is 0 Å². The van der Waals surface area contributed by atoms with Crippen molar-refractivity contribution >= 4 is 5.97 Å². The minimum absolute atomic E-state index is 0.0251. The first-order valence-corrected chi connectivity index (χ1v) is 8.02. The summed E-state index contributed by atoms with van der Waals surface area (Å²) >= 11 is 0. The molecule has 1 heterocycles.